The van der Waals surface area contributed by atoms with Gasteiger partial charge in [-0.15, -0.1) is 0 Å². The zero-order valence-corrected chi connectivity index (χ0v) is 15.0. The fourth-order valence-electron chi connectivity index (χ4n) is 3.81. The van der Waals surface area contributed by atoms with Crippen LogP contribution in [0.1, 0.15) is 16.7 Å². The van der Waals surface area contributed by atoms with Gasteiger partial charge in [-0.1, -0.05) is 18.2 Å². The Bertz CT molecular complexity index is 797. The third kappa shape index (κ3) is 3.40. The number of nitrogens with zero attached hydrogens (tertiary/aromatic N) is 2. The van der Waals surface area contributed by atoms with Crippen molar-refractivity contribution in [3.8, 4) is 5.75 Å². The van der Waals surface area contributed by atoms with Gasteiger partial charge in [-0.25, -0.2) is 0 Å². The van der Waals surface area contributed by atoms with Gasteiger partial charge in [0, 0.05) is 38.4 Å². The van der Waals surface area contributed by atoms with Gasteiger partial charge in [0.2, 0.25) is 0 Å². The van der Waals surface area contributed by atoms with Crippen LogP contribution in [0.25, 0.3) is 0 Å². The summed E-state index contributed by atoms with van der Waals surface area (Å²) in [5, 5.41) is 8.96. The highest BCUT2D eigenvalue weighted by molar-refractivity contribution is 5.71. The van der Waals surface area contributed by atoms with Crippen LogP contribution in [0.5, 0.6) is 5.75 Å². The Balaban J connectivity index is 1.39. The molecule has 136 valence electrons. The smallest absolute Gasteiger partial charge is 0.309 e. The van der Waals surface area contributed by atoms with Gasteiger partial charge in [0.1, 0.15) is 5.75 Å². The zero-order valence-electron chi connectivity index (χ0n) is 15.0. The molecule has 0 amide bonds. The first kappa shape index (κ1) is 16.9. The molecule has 2 aliphatic rings. The summed E-state index contributed by atoms with van der Waals surface area (Å²) in [5.41, 5.74) is 5.20. The van der Waals surface area contributed by atoms with Crippen LogP contribution in [-0.2, 0) is 24.3 Å². The molecule has 0 aromatic heterocycles. The minimum atomic E-state index is -0.682. The molecule has 5 nitrogen and oxygen atoms in total. The summed E-state index contributed by atoms with van der Waals surface area (Å²) in [5.74, 6) is 0.0356. The second-order valence-corrected chi connectivity index (χ2v) is 7.20. The van der Waals surface area contributed by atoms with E-state index in [0.29, 0.717) is 13.1 Å². The quantitative estimate of drug-likeness (QED) is 0.897. The Morgan fingerprint density at radius 3 is 2.62 bits per heavy atom. The molecule has 4 rings (SSSR count). The lowest BCUT2D eigenvalue weighted by atomic mass is 9.98. The van der Waals surface area contributed by atoms with Crippen LogP contribution >= 0.6 is 0 Å². The van der Waals surface area contributed by atoms with Crippen LogP contribution < -0.4 is 9.64 Å². The number of ether oxygens (including phenoxy) is 1. The van der Waals surface area contributed by atoms with Gasteiger partial charge in [-0.05, 0) is 47.4 Å². The van der Waals surface area contributed by atoms with Gasteiger partial charge in [0.15, 0.2) is 0 Å². The van der Waals surface area contributed by atoms with E-state index in [2.05, 4.69) is 46.2 Å². The molecule has 0 unspecified atom stereocenters. The van der Waals surface area contributed by atoms with Crippen molar-refractivity contribution < 1.29 is 14.6 Å². The molecule has 0 bridgehead atoms. The Hall–Kier alpha value is -2.53. The highest BCUT2D eigenvalue weighted by Gasteiger charge is 2.32. The van der Waals surface area contributed by atoms with Gasteiger partial charge in [0.05, 0.1) is 13.0 Å². The standard InChI is InChI=1S/C21H24N2O3/c1-26-20-7-4-16-8-9-23(14-17(16)10-20)19-5-2-15(3-6-19)11-22-12-18(13-22)21(24)25/h2-7,10,18H,8-9,11-14H2,1H3,(H,24,25). The summed E-state index contributed by atoms with van der Waals surface area (Å²) in [6.07, 6.45) is 1.05. The Morgan fingerprint density at radius 1 is 1.15 bits per heavy atom. The fraction of sp³-hybridized carbons (Fsp3) is 0.381. The molecule has 0 radical (unpaired) electrons. The predicted molar refractivity (Wildman–Crippen MR) is 101 cm³/mol. The molecule has 2 aromatic carbocycles. The number of hydrogen-bond acceptors (Lipinski definition) is 4. The summed E-state index contributed by atoms with van der Waals surface area (Å²) in [7, 11) is 1.71. The van der Waals surface area contributed by atoms with E-state index in [4.69, 9.17) is 9.84 Å². The van der Waals surface area contributed by atoms with E-state index in [1.807, 2.05) is 6.07 Å². The Labute approximate surface area is 153 Å². The molecule has 0 atom stereocenters. The molecule has 1 fully saturated rings. The SMILES string of the molecule is COc1ccc2c(c1)CN(c1ccc(CN3CC(C(=O)O)C3)cc1)CC2. The van der Waals surface area contributed by atoms with Gasteiger partial charge < -0.3 is 14.7 Å². The highest BCUT2D eigenvalue weighted by atomic mass is 16.5. The van der Waals surface area contributed by atoms with E-state index in [1.54, 1.807) is 7.11 Å². The van der Waals surface area contributed by atoms with E-state index in [0.717, 1.165) is 31.8 Å². The van der Waals surface area contributed by atoms with Crippen molar-refractivity contribution in [3.63, 3.8) is 0 Å². The monoisotopic (exact) mass is 352 g/mol. The van der Waals surface area contributed by atoms with Crippen molar-refractivity contribution in [2.75, 3.05) is 31.6 Å². The number of benzene rings is 2. The van der Waals surface area contributed by atoms with Crippen LogP contribution in [0.15, 0.2) is 42.5 Å². The summed E-state index contributed by atoms with van der Waals surface area (Å²) in [4.78, 5) is 15.5. The normalized spacial score (nSPS) is 17.5. The molecule has 2 heterocycles. The summed E-state index contributed by atoms with van der Waals surface area (Å²) >= 11 is 0. The number of carboxylic acid groups (broad SMARTS) is 1. The lowest BCUT2D eigenvalue weighted by Crippen LogP contribution is -2.49. The first-order valence-corrected chi connectivity index (χ1v) is 9.07. The number of hydrogen-bond donors (Lipinski definition) is 1. The lowest BCUT2D eigenvalue weighted by Gasteiger charge is -2.36. The van der Waals surface area contributed by atoms with Gasteiger partial charge in [-0.3, -0.25) is 9.69 Å². The fourth-order valence-corrected chi connectivity index (χ4v) is 3.81. The van der Waals surface area contributed by atoms with Crippen LogP contribution in [0.4, 0.5) is 5.69 Å². The first-order valence-electron chi connectivity index (χ1n) is 9.07. The predicted octanol–water partition coefficient (Wildman–Crippen LogP) is 2.77. The van der Waals surface area contributed by atoms with Crippen LogP contribution in [0.2, 0.25) is 0 Å². The molecule has 2 aliphatic heterocycles. The Kier molecular flexibility index (Phi) is 4.55. The number of carbonyl (C=O) groups is 1. The lowest BCUT2D eigenvalue weighted by molar-refractivity contribution is -0.147. The number of fused-ring (bicyclic) bond motifs is 1. The maximum atomic E-state index is 10.9. The van der Waals surface area contributed by atoms with Crippen molar-refractivity contribution >= 4 is 11.7 Å². The van der Waals surface area contributed by atoms with Crippen LogP contribution in [0.3, 0.4) is 0 Å². The van der Waals surface area contributed by atoms with Crippen LogP contribution in [0, 0.1) is 5.92 Å². The van der Waals surface area contributed by atoms with Crippen molar-refractivity contribution in [1.29, 1.82) is 0 Å². The summed E-state index contributed by atoms with van der Waals surface area (Å²) < 4.78 is 5.35. The average molecular weight is 352 g/mol. The first-order chi connectivity index (χ1) is 12.6. The van der Waals surface area contributed by atoms with Crippen molar-refractivity contribution in [2.45, 2.75) is 19.5 Å². The van der Waals surface area contributed by atoms with E-state index >= 15 is 0 Å². The maximum Gasteiger partial charge on any atom is 0.309 e. The Morgan fingerprint density at radius 2 is 1.92 bits per heavy atom. The molecule has 0 spiro atoms. The molecule has 1 N–H and O–H groups in total. The maximum absolute atomic E-state index is 10.9. The number of aliphatic carboxylic acids is 1. The average Bonchev–Trinajstić information content (AvgIpc) is 2.63. The zero-order chi connectivity index (χ0) is 18.1. The molecular formula is C21H24N2O3. The van der Waals surface area contributed by atoms with Gasteiger partial charge in [-0.2, -0.15) is 0 Å². The molecule has 26 heavy (non-hydrogen) atoms. The molecule has 5 heteroatoms. The molecule has 2 aromatic rings. The van der Waals surface area contributed by atoms with Gasteiger partial charge in [0.25, 0.3) is 0 Å². The highest BCUT2D eigenvalue weighted by Crippen LogP contribution is 2.28. The second kappa shape index (κ2) is 7.00. The molecule has 1 saturated heterocycles. The number of carboxylic acids is 1. The molecule has 0 saturated carbocycles. The minimum absolute atomic E-state index is 0.195. The van der Waals surface area contributed by atoms with E-state index < -0.39 is 5.97 Å². The molecular weight excluding hydrogens is 328 g/mol. The minimum Gasteiger partial charge on any atom is -0.497 e. The van der Waals surface area contributed by atoms with E-state index in [9.17, 15) is 4.79 Å². The molecule has 0 aliphatic carbocycles. The number of likely N-dealkylation sites (tertiary alicyclic amines) is 1. The van der Waals surface area contributed by atoms with E-state index in [1.165, 1.54) is 22.4 Å². The van der Waals surface area contributed by atoms with Gasteiger partial charge >= 0.3 is 5.97 Å². The number of methoxy groups -OCH3 is 1. The van der Waals surface area contributed by atoms with Crippen LogP contribution in [-0.4, -0.2) is 42.7 Å². The van der Waals surface area contributed by atoms with Crippen molar-refractivity contribution in [3.05, 3.63) is 59.2 Å². The topological polar surface area (TPSA) is 53.0 Å². The summed E-state index contributed by atoms with van der Waals surface area (Å²) in [6, 6.07) is 15.0. The number of rotatable bonds is 5. The third-order valence-corrected chi connectivity index (χ3v) is 5.44. The summed E-state index contributed by atoms with van der Waals surface area (Å²) in [6.45, 7) is 4.05. The largest absolute Gasteiger partial charge is 0.497 e. The number of anilines is 1. The third-order valence-electron chi connectivity index (χ3n) is 5.44. The van der Waals surface area contributed by atoms with Crippen molar-refractivity contribution in [1.82, 2.24) is 4.90 Å². The van der Waals surface area contributed by atoms with Crippen molar-refractivity contribution in [2.24, 2.45) is 5.92 Å². The second-order valence-electron chi connectivity index (χ2n) is 7.20. The van der Waals surface area contributed by atoms with E-state index in [-0.39, 0.29) is 5.92 Å².